The SMILES string of the molecule is O=C(Cc1cccnc1)NC(C(=O)O)c1cccs1. The molecule has 2 heterocycles. The summed E-state index contributed by atoms with van der Waals surface area (Å²) in [4.78, 5) is 27.5. The molecule has 0 radical (unpaired) electrons. The Labute approximate surface area is 113 Å². The van der Waals surface area contributed by atoms with Gasteiger partial charge in [-0.05, 0) is 23.1 Å². The summed E-state index contributed by atoms with van der Waals surface area (Å²) in [7, 11) is 0. The number of rotatable bonds is 5. The van der Waals surface area contributed by atoms with Crippen molar-refractivity contribution < 1.29 is 14.7 Å². The zero-order chi connectivity index (χ0) is 13.7. The van der Waals surface area contributed by atoms with E-state index in [2.05, 4.69) is 10.3 Å². The summed E-state index contributed by atoms with van der Waals surface area (Å²) < 4.78 is 0. The average molecular weight is 276 g/mol. The van der Waals surface area contributed by atoms with Gasteiger partial charge in [-0.1, -0.05) is 12.1 Å². The molecule has 1 amide bonds. The summed E-state index contributed by atoms with van der Waals surface area (Å²) in [5.41, 5.74) is 0.746. The average Bonchev–Trinajstić information content (AvgIpc) is 2.90. The molecule has 0 fully saturated rings. The van der Waals surface area contributed by atoms with Gasteiger partial charge in [0.05, 0.1) is 6.42 Å². The number of aliphatic carboxylic acids is 1. The van der Waals surface area contributed by atoms with Crippen LogP contribution in [0.1, 0.15) is 16.5 Å². The number of carbonyl (C=O) groups is 2. The standard InChI is InChI=1S/C13H12N2O3S/c16-11(7-9-3-1-5-14-8-9)15-12(13(17)18)10-4-2-6-19-10/h1-6,8,12H,7H2,(H,15,16)(H,17,18). The molecular weight excluding hydrogens is 264 g/mol. The number of hydrogen-bond donors (Lipinski definition) is 2. The van der Waals surface area contributed by atoms with E-state index in [1.807, 2.05) is 0 Å². The number of aromatic nitrogens is 1. The summed E-state index contributed by atoms with van der Waals surface area (Å²) >= 11 is 1.30. The molecule has 19 heavy (non-hydrogen) atoms. The molecule has 0 saturated carbocycles. The van der Waals surface area contributed by atoms with Crippen molar-refractivity contribution in [2.24, 2.45) is 0 Å². The van der Waals surface area contributed by atoms with E-state index in [0.717, 1.165) is 5.56 Å². The fourth-order valence-electron chi connectivity index (χ4n) is 1.61. The Morgan fingerprint density at radius 2 is 2.21 bits per heavy atom. The van der Waals surface area contributed by atoms with Crippen LogP contribution in [0.4, 0.5) is 0 Å². The molecule has 1 unspecified atom stereocenters. The minimum atomic E-state index is -1.07. The summed E-state index contributed by atoms with van der Waals surface area (Å²) in [6.45, 7) is 0. The van der Waals surface area contributed by atoms with Crippen LogP contribution in [0.5, 0.6) is 0 Å². The molecule has 2 rings (SSSR count). The lowest BCUT2D eigenvalue weighted by molar-refractivity contribution is -0.141. The molecule has 2 aromatic rings. The molecule has 2 N–H and O–H groups in total. The zero-order valence-corrected chi connectivity index (χ0v) is 10.8. The number of carbonyl (C=O) groups excluding carboxylic acids is 1. The lowest BCUT2D eigenvalue weighted by Crippen LogP contribution is -2.34. The molecule has 6 heteroatoms. The Bertz CT molecular complexity index is 555. The third-order valence-corrected chi connectivity index (χ3v) is 3.40. The van der Waals surface area contributed by atoms with Gasteiger partial charge in [-0.25, -0.2) is 4.79 Å². The second kappa shape index (κ2) is 6.10. The molecule has 0 aromatic carbocycles. The van der Waals surface area contributed by atoms with Crippen LogP contribution < -0.4 is 5.32 Å². The second-order valence-electron chi connectivity index (χ2n) is 3.89. The van der Waals surface area contributed by atoms with E-state index in [1.54, 1.807) is 42.0 Å². The first-order valence-corrected chi connectivity index (χ1v) is 6.49. The van der Waals surface area contributed by atoms with Crippen molar-refractivity contribution in [3.8, 4) is 0 Å². The van der Waals surface area contributed by atoms with Gasteiger partial charge in [-0.15, -0.1) is 11.3 Å². The Hall–Kier alpha value is -2.21. The van der Waals surface area contributed by atoms with Gasteiger partial charge in [0.25, 0.3) is 0 Å². The van der Waals surface area contributed by atoms with Crippen LogP contribution in [0.3, 0.4) is 0 Å². The number of nitrogens with one attached hydrogen (secondary N) is 1. The molecular formula is C13H12N2O3S. The van der Waals surface area contributed by atoms with Crippen molar-refractivity contribution in [1.29, 1.82) is 0 Å². The maximum absolute atomic E-state index is 11.8. The van der Waals surface area contributed by atoms with E-state index in [1.165, 1.54) is 11.3 Å². The van der Waals surface area contributed by atoms with Crippen LogP contribution in [0.25, 0.3) is 0 Å². The van der Waals surface area contributed by atoms with Gasteiger partial charge in [0.2, 0.25) is 5.91 Å². The second-order valence-corrected chi connectivity index (χ2v) is 4.87. The van der Waals surface area contributed by atoms with Crippen LogP contribution in [-0.2, 0) is 16.0 Å². The van der Waals surface area contributed by atoms with Gasteiger partial charge in [0.15, 0.2) is 6.04 Å². The third-order valence-electron chi connectivity index (χ3n) is 2.47. The van der Waals surface area contributed by atoms with E-state index < -0.39 is 12.0 Å². The lowest BCUT2D eigenvalue weighted by atomic mass is 10.2. The fourth-order valence-corrected chi connectivity index (χ4v) is 2.38. The van der Waals surface area contributed by atoms with Crippen molar-refractivity contribution >= 4 is 23.2 Å². The topological polar surface area (TPSA) is 79.3 Å². The first kappa shape index (κ1) is 13.2. The minimum absolute atomic E-state index is 0.114. The highest BCUT2D eigenvalue weighted by Gasteiger charge is 2.22. The quantitative estimate of drug-likeness (QED) is 0.870. The Kier molecular flexibility index (Phi) is 4.25. The Morgan fingerprint density at radius 1 is 1.37 bits per heavy atom. The molecule has 0 bridgehead atoms. The number of nitrogens with zero attached hydrogens (tertiary/aromatic N) is 1. The van der Waals surface area contributed by atoms with E-state index in [-0.39, 0.29) is 12.3 Å². The number of carboxylic acid groups (broad SMARTS) is 1. The normalized spacial score (nSPS) is 11.8. The minimum Gasteiger partial charge on any atom is -0.479 e. The molecule has 98 valence electrons. The number of hydrogen-bond acceptors (Lipinski definition) is 4. The predicted molar refractivity (Wildman–Crippen MR) is 70.8 cm³/mol. The highest BCUT2D eigenvalue weighted by atomic mass is 32.1. The maximum atomic E-state index is 11.8. The largest absolute Gasteiger partial charge is 0.479 e. The van der Waals surface area contributed by atoms with E-state index >= 15 is 0 Å². The molecule has 0 aliphatic carbocycles. The monoisotopic (exact) mass is 276 g/mol. The van der Waals surface area contributed by atoms with Crippen LogP contribution in [0.2, 0.25) is 0 Å². The first-order chi connectivity index (χ1) is 9.16. The first-order valence-electron chi connectivity index (χ1n) is 5.61. The number of carboxylic acids is 1. The summed E-state index contributed by atoms with van der Waals surface area (Å²) in [6, 6.07) is 5.95. The van der Waals surface area contributed by atoms with E-state index in [9.17, 15) is 9.59 Å². The molecule has 0 spiro atoms. The molecule has 1 atom stereocenters. The fraction of sp³-hybridized carbons (Fsp3) is 0.154. The van der Waals surface area contributed by atoms with Crippen molar-refractivity contribution in [1.82, 2.24) is 10.3 Å². The van der Waals surface area contributed by atoms with Crippen molar-refractivity contribution in [3.05, 3.63) is 52.5 Å². The molecule has 0 saturated heterocycles. The maximum Gasteiger partial charge on any atom is 0.331 e. The summed E-state index contributed by atoms with van der Waals surface area (Å²) in [5.74, 6) is -1.41. The van der Waals surface area contributed by atoms with Crippen LogP contribution in [0, 0.1) is 0 Å². The van der Waals surface area contributed by atoms with Crippen LogP contribution >= 0.6 is 11.3 Å². The number of thiophene rings is 1. The molecule has 5 nitrogen and oxygen atoms in total. The van der Waals surface area contributed by atoms with Crippen LogP contribution in [0.15, 0.2) is 42.0 Å². The van der Waals surface area contributed by atoms with Gasteiger partial charge >= 0.3 is 5.97 Å². The van der Waals surface area contributed by atoms with E-state index in [4.69, 9.17) is 5.11 Å². The van der Waals surface area contributed by atoms with Gasteiger partial charge in [-0.3, -0.25) is 9.78 Å². The van der Waals surface area contributed by atoms with Gasteiger partial charge < -0.3 is 10.4 Å². The summed E-state index contributed by atoms with van der Waals surface area (Å²) in [6.07, 6.45) is 3.32. The Balaban J connectivity index is 2.02. The number of amides is 1. The predicted octanol–water partition coefficient (Wildman–Crippen LogP) is 1.63. The Morgan fingerprint density at radius 3 is 2.79 bits per heavy atom. The highest BCUT2D eigenvalue weighted by Crippen LogP contribution is 2.19. The smallest absolute Gasteiger partial charge is 0.331 e. The van der Waals surface area contributed by atoms with Crippen molar-refractivity contribution in [3.63, 3.8) is 0 Å². The molecule has 0 aliphatic rings. The highest BCUT2D eigenvalue weighted by molar-refractivity contribution is 7.10. The van der Waals surface area contributed by atoms with Crippen molar-refractivity contribution in [2.45, 2.75) is 12.5 Å². The van der Waals surface area contributed by atoms with Gasteiger partial charge in [0, 0.05) is 17.3 Å². The third kappa shape index (κ3) is 3.62. The zero-order valence-electron chi connectivity index (χ0n) is 9.95. The van der Waals surface area contributed by atoms with Gasteiger partial charge in [-0.2, -0.15) is 0 Å². The lowest BCUT2D eigenvalue weighted by Gasteiger charge is -2.12. The number of pyridine rings is 1. The molecule has 2 aromatic heterocycles. The molecule has 0 aliphatic heterocycles. The van der Waals surface area contributed by atoms with Crippen LogP contribution in [-0.4, -0.2) is 22.0 Å². The van der Waals surface area contributed by atoms with Crippen molar-refractivity contribution in [2.75, 3.05) is 0 Å². The van der Waals surface area contributed by atoms with Gasteiger partial charge in [0.1, 0.15) is 0 Å². The summed E-state index contributed by atoms with van der Waals surface area (Å²) in [5, 5.41) is 13.4. The van der Waals surface area contributed by atoms with E-state index in [0.29, 0.717) is 4.88 Å².